The molecule has 1 amide bonds. The zero-order chi connectivity index (χ0) is 26.8. The lowest BCUT2D eigenvalue weighted by Gasteiger charge is -2.30. The third kappa shape index (κ3) is 6.11. The summed E-state index contributed by atoms with van der Waals surface area (Å²) in [6.07, 6.45) is -0.768. The van der Waals surface area contributed by atoms with Gasteiger partial charge in [0.05, 0.1) is 5.56 Å². The van der Waals surface area contributed by atoms with Crippen molar-refractivity contribution < 1.29 is 30.9 Å². The number of hydrogen-bond donors (Lipinski definition) is 1. The van der Waals surface area contributed by atoms with Crippen molar-refractivity contribution in [3.63, 3.8) is 0 Å². The first kappa shape index (κ1) is 26.6. The van der Waals surface area contributed by atoms with Crippen LogP contribution in [0.3, 0.4) is 0 Å². The second-order valence-corrected chi connectivity index (χ2v) is 10.8. The number of halogens is 3. The Hall–Kier alpha value is -3.44. The maximum Gasteiger partial charge on any atom is 0.416 e. The third-order valence-electron chi connectivity index (χ3n) is 6.22. The largest absolute Gasteiger partial charge is 0.416 e. The van der Waals surface area contributed by atoms with Gasteiger partial charge in [0.1, 0.15) is 5.69 Å². The molecular formula is C26H26F3N3O4S. The molecule has 0 radical (unpaired) electrons. The predicted octanol–water partition coefficient (Wildman–Crippen LogP) is 5.52. The molecule has 0 aliphatic carbocycles. The SMILES string of the molecule is Cc1ccc(C=Cc2onc(C)c2S(=O)(=O)N2CCC(C(=O)Nc3cccc(C(F)(F)F)c3)CC2)cc1. The fourth-order valence-corrected chi connectivity index (χ4v) is 5.87. The lowest BCUT2D eigenvalue weighted by Crippen LogP contribution is -2.41. The number of carbonyl (C=O) groups excluding carboxylic acids is 1. The minimum Gasteiger partial charge on any atom is -0.355 e. The van der Waals surface area contributed by atoms with Crippen LogP contribution < -0.4 is 5.32 Å². The van der Waals surface area contributed by atoms with Crippen molar-refractivity contribution in [3.8, 4) is 0 Å². The summed E-state index contributed by atoms with van der Waals surface area (Å²) in [5.74, 6) is -0.868. The summed E-state index contributed by atoms with van der Waals surface area (Å²) in [7, 11) is -3.95. The summed E-state index contributed by atoms with van der Waals surface area (Å²) in [4.78, 5) is 12.6. The third-order valence-corrected chi connectivity index (χ3v) is 8.28. The van der Waals surface area contributed by atoms with Crippen molar-refractivity contribution in [1.82, 2.24) is 9.46 Å². The van der Waals surface area contributed by atoms with Crippen LogP contribution in [-0.4, -0.2) is 36.9 Å². The predicted molar refractivity (Wildman–Crippen MR) is 133 cm³/mol. The van der Waals surface area contributed by atoms with E-state index in [0.29, 0.717) is 0 Å². The van der Waals surface area contributed by atoms with Gasteiger partial charge >= 0.3 is 6.18 Å². The van der Waals surface area contributed by atoms with E-state index in [2.05, 4.69) is 10.5 Å². The molecule has 1 aliphatic rings. The Kier molecular flexibility index (Phi) is 7.56. The molecule has 0 bridgehead atoms. The highest BCUT2D eigenvalue weighted by molar-refractivity contribution is 7.89. The number of piperidine rings is 1. The number of carbonyl (C=O) groups is 1. The van der Waals surface area contributed by atoms with Crippen molar-refractivity contribution in [1.29, 1.82) is 0 Å². The van der Waals surface area contributed by atoms with Crippen LogP contribution in [0.25, 0.3) is 12.2 Å². The van der Waals surface area contributed by atoms with Gasteiger partial charge < -0.3 is 9.84 Å². The number of nitrogens with one attached hydrogen (secondary N) is 1. The van der Waals surface area contributed by atoms with Crippen LogP contribution in [0.5, 0.6) is 0 Å². The number of alkyl halides is 3. The van der Waals surface area contributed by atoms with Gasteiger partial charge in [-0.05, 0) is 56.5 Å². The summed E-state index contributed by atoms with van der Waals surface area (Å²) in [6, 6.07) is 12.1. The standard InChI is InChI=1S/C26H26F3N3O4S/c1-17-6-8-19(9-7-17)10-11-23-24(18(2)31-36-23)37(34,35)32-14-12-20(13-15-32)25(33)30-22-5-3-4-21(16-22)26(27,28)29/h3-11,16,20H,12-15H2,1-2H3,(H,30,33). The topological polar surface area (TPSA) is 92.5 Å². The smallest absolute Gasteiger partial charge is 0.355 e. The fraction of sp³-hybridized carbons (Fsp3) is 0.308. The van der Waals surface area contributed by atoms with E-state index in [1.165, 1.54) is 16.4 Å². The summed E-state index contributed by atoms with van der Waals surface area (Å²) in [5.41, 5.74) is 1.38. The molecule has 11 heteroatoms. The van der Waals surface area contributed by atoms with Gasteiger partial charge in [-0.3, -0.25) is 4.79 Å². The highest BCUT2D eigenvalue weighted by Crippen LogP contribution is 2.32. The van der Waals surface area contributed by atoms with E-state index in [0.717, 1.165) is 23.3 Å². The van der Waals surface area contributed by atoms with Crippen molar-refractivity contribution in [2.75, 3.05) is 18.4 Å². The first-order chi connectivity index (χ1) is 17.4. The van der Waals surface area contributed by atoms with Crippen LogP contribution in [0.2, 0.25) is 0 Å². The number of hydrogen-bond acceptors (Lipinski definition) is 5. The van der Waals surface area contributed by atoms with Crippen LogP contribution in [0.15, 0.2) is 57.9 Å². The number of benzene rings is 2. The second-order valence-electron chi connectivity index (χ2n) is 8.95. The Morgan fingerprint density at radius 2 is 1.76 bits per heavy atom. The van der Waals surface area contributed by atoms with Crippen LogP contribution >= 0.6 is 0 Å². The Balaban J connectivity index is 1.43. The van der Waals surface area contributed by atoms with Crippen LogP contribution in [0.4, 0.5) is 18.9 Å². The van der Waals surface area contributed by atoms with Crippen LogP contribution in [-0.2, 0) is 21.0 Å². The molecule has 1 saturated heterocycles. The van der Waals surface area contributed by atoms with Crippen LogP contribution in [0, 0.1) is 19.8 Å². The summed E-state index contributed by atoms with van der Waals surface area (Å²) < 4.78 is 72.3. The van der Waals surface area contributed by atoms with Gasteiger partial charge in [-0.15, -0.1) is 0 Å². The maximum atomic E-state index is 13.4. The van der Waals surface area contributed by atoms with Gasteiger partial charge in [0.25, 0.3) is 0 Å². The molecule has 0 atom stereocenters. The van der Waals surface area contributed by atoms with E-state index >= 15 is 0 Å². The Morgan fingerprint density at radius 1 is 1.08 bits per heavy atom. The van der Waals surface area contributed by atoms with E-state index in [9.17, 15) is 26.4 Å². The minimum absolute atomic E-state index is 0.0253. The molecule has 0 unspecified atom stereocenters. The number of sulfonamides is 1. The Bertz CT molecular complexity index is 1410. The average molecular weight is 534 g/mol. The molecule has 2 heterocycles. The molecule has 1 aromatic heterocycles. The first-order valence-corrected chi connectivity index (χ1v) is 13.1. The molecule has 1 fully saturated rings. The molecule has 0 saturated carbocycles. The van der Waals surface area contributed by atoms with Gasteiger partial charge in [0.15, 0.2) is 10.7 Å². The molecule has 0 spiro atoms. The van der Waals surface area contributed by atoms with E-state index in [-0.39, 0.29) is 48.0 Å². The number of aryl methyl sites for hydroxylation is 2. The molecule has 4 rings (SSSR count). The summed E-state index contributed by atoms with van der Waals surface area (Å²) in [5, 5.41) is 6.36. The van der Waals surface area contributed by atoms with Crippen molar-refractivity contribution in [2.45, 2.75) is 37.8 Å². The van der Waals surface area contributed by atoms with Gasteiger partial charge in [0.2, 0.25) is 15.9 Å². The highest BCUT2D eigenvalue weighted by atomic mass is 32.2. The number of amides is 1. The van der Waals surface area contributed by atoms with Crippen molar-refractivity contribution >= 4 is 33.8 Å². The zero-order valence-corrected chi connectivity index (χ0v) is 21.1. The number of aromatic nitrogens is 1. The quantitative estimate of drug-likeness (QED) is 0.451. The lowest BCUT2D eigenvalue weighted by atomic mass is 9.97. The Morgan fingerprint density at radius 3 is 2.41 bits per heavy atom. The molecule has 2 aromatic carbocycles. The summed E-state index contributed by atoms with van der Waals surface area (Å²) in [6.45, 7) is 3.68. The second kappa shape index (κ2) is 10.5. The maximum absolute atomic E-state index is 13.4. The normalized spacial score (nSPS) is 15.8. The summed E-state index contributed by atoms with van der Waals surface area (Å²) >= 11 is 0. The van der Waals surface area contributed by atoms with Crippen LogP contribution in [0.1, 0.15) is 41.0 Å². The monoisotopic (exact) mass is 533 g/mol. The molecule has 3 aromatic rings. The van der Waals surface area contributed by atoms with Crippen molar-refractivity contribution in [2.24, 2.45) is 5.92 Å². The molecular weight excluding hydrogens is 507 g/mol. The number of nitrogens with zero attached hydrogens (tertiary/aromatic N) is 2. The van der Waals surface area contributed by atoms with Gasteiger partial charge in [0, 0.05) is 24.7 Å². The molecule has 196 valence electrons. The molecule has 1 aliphatic heterocycles. The fourth-order valence-electron chi connectivity index (χ4n) is 4.15. The zero-order valence-electron chi connectivity index (χ0n) is 20.2. The average Bonchev–Trinajstić information content (AvgIpc) is 3.24. The van der Waals surface area contributed by atoms with E-state index in [4.69, 9.17) is 4.52 Å². The molecule has 7 nitrogen and oxygen atoms in total. The minimum atomic E-state index is -4.52. The number of anilines is 1. The van der Waals surface area contributed by atoms with Gasteiger partial charge in [-0.2, -0.15) is 17.5 Å². The van der Waals surface area contributed by atoms with Gasteiger partial charge in [-0.25, -0.2) is 8.42 Å². The first-order valence-electron chi connectivity index (χ1n) is 11.6. The Labute approximate surface area is 213 Å². The molecule has 37 heavy (non-hydrogen) atoms. The lowest BCUT2D eigenvalue weighted by molar-refractivity contribution is -0.137. The molecule has 1 N–H and O–H groups in total. The van der Waals surface area contributed by atoms with E-state index in [1.54, 1.807) is 19.1 Å². The van der Waals surface area contributed by atoms with E-state index in [1.807, 2.05) is 31.2 Å². The highest BCUT2D eigenvalue weighted by Gasteiger charge is 2.36. The van der Waals surface area contributed by atoms with Crippen molar-refractivity contribution in [3.05, 3.63) is 76.7 Å². The number of rotatable bonds is 6. The van der Waals surface area contributed by atoms with E-state index < -0.39 is 33.6 Å². The van der Waals surface area contributed by atoms with Gasteiger partial charge in [-0.1, -0.05) is 47.1 Å².